The van der Waals surface area contributed by atoms with E-state index in [1.165, 1.54) is 12.1 Å². The highest BCUT2D eigenvalue weighted by atomic mass is 79.9. The van der Waals surface area contributed by atoms with Crippen LogP contribution in [0.5, 0.6) is 0 Å². The van der Waals surface area contributed by atoms with Gasteiger partial charge in [0.25, 0.3) is 0 Å². The molecule has 0 aromatic heterocycles. The summed E-state index contributed by atoms with van der Waals surface area (Å²) in [6.07, 6.45) is -1.19. The van der Waals surface area contributed by atoms with Gasteiger partial charge in [0.15, 0.2) is 0 Å². The van der Waals surface area contributed by atoms with Gasteiger partial charge in [-0.25, -0.2) is 8.42 Å². The molecule has 0 aliphatic carbocycles. The minimum Gasteiger partial charge on any atom is -0.480 e. The largest absolute Gasteiger partial charge is 0.480 e. The fourth-order valence-electron chi connectivity index (χ4n) is 2.30. The summed E-state index contributed by atoms with van der Waals surface area (Å²) in [5.41, 5.74) is 0.399. The van der Waals surface area contributed by atoms with Crippen molar-refractivity contribution < 1.29 is 23.4 Å². The van der Waals surface area contributed by atoms with Crippen molar-refractivity contribution in [3.8, 4) is 0 Å². The number of hydrogen-bond donors (Lipinski definition) is 2. The lowest BCUT2D eigenvalue weighted by molar-refractivity contribution is -0.140. The fourth-order valence-corrected chi connectivity index (χ4v) is 5.72. The molecule has 1 aromatic carbocycles. The number of carboxylic acids is 1. The number of carbonyl (C=O) groups is 1. The number of benzene rings is 1. The van der Waals surface area contributed by atoms with Crippen LogP contribution in [0.4, 0.5) is 0 Å². The van der Waals surface area contributed by atoms with E-state index in [0.717, 1.165) is 4.31 Å². The number of alkyl halides is 1. The van der Waals surface area contributed by atoms with Gasteiger partial charge in [-0.1, -0.05) is 39.1 Å². The summed E-state index contributed by atoms with van der Waals surface area (Å²) in [4.78, 5) is 11.0. The second-order valence-corrected chi connectivity index (χ2v) is 7.99. The van der Waals surface area contributed by atoms with E-state index in [-0.39, 0.29) is 28.2 Å². The van der Waals surface area contributed by atoms with Crippen molar-refractivity contribution in [2.75, 3.05) is 6.54 Å². The number of hydrogen-bond acceptors (Lipinski definition) is 4. The maximum atomic E-state index is 12.7. The van der Waals surface area contributed by atoms with Crippen LogP contribution < -0.4 is 0 Å². The predicted molar refractivity (Wildman–Crippen MR) is 85.0 cm³/mol. The molecule has 2 atom stereocenters. The van der Waals surface area contributed by atoms with Crippen LogP contribution in [0.15, 0.2) is 17.0 Å². The number of aliphatic carboxylic acids is 1. The van der Waals surface area contributed by atoms with Crippen LogP contribution in [0.2, 0.25) is 10.0 Å². The summed E-state index contributed by atoms with van der Waals surface area (Å²) < 4.78 is 26.2. The van der Waals surface area contributed by atoms with Gasteiger partial charge in [-0.3, -0.25) is 4.79 Å². The lowest BCUT2D eigenvalue weighted by atomic mass is 10.2. The first-order chi connectivity index (χ1) is 10.2. The van der Waals surface area contributed by atoms with E-state index < -0.39 is 28.1 Å². The Morgan fingerprint density at radius 3 is 2.59 bits per heavy atom. The molecule has 0 radical (unpaired) electrons. The Morgan fingerprint density at radius 1 is 1.41 bits per heavy atom. The van der Waals surface area contributed by atoms with E-state index in [1.807, 2.05) is 0 Å². The molecule has 22 heavy (non-hydrogen) atoms. The highest BCUT2D eigenvalue weighted by Crippen LogP contribution is 2.36. The van der Waals surface area contributed by atoms with Crippen LogP contribution >= 0.6 is 39.1 Å². The molecule has 2 rings (SSSR count). The van der Waals surface area contributed by atoms with E-state index in [1.54, 1.807) is 0 Å². The first kappa shape index (κ1) is 18.0. The number of sulfonamides is 1. The topological polar surface area (TPSA) is 94.9 Å². The van der Waals surface area contributed by atoms with Gasteiger partial charge in [0.05, 0.1) is 11.1 Å². The molecule has 0 spiro atoms. The van der Waals surface area contributed by atoms with E-state index in [0.29, 0.717) is 10.6 Å². The Bertz CT molecular complexity index is 712. The smallest absolute Gasteiger partial charge is 0.322 e. The normalized spacial score (nSPS) is 22.9. The Kier molecular flexibility index (Phi) is 5.41. The van der Waals surface area contributed by atoms with Crippen molar-refractivity contribution in [3.63, 3.8) is 0 Å². The average Bonchev–Trinajstić information content (AvgIpc) is 2.82. The third-order valence-corrected chi connectivity index (χ3v) is 6.77. The molecular formula is C12H12BrCl2NO5S. The first-order valence-corrected chi connectivity index (χ1v) is 9.47. The van der Waals surface area contributed by atoms with Crippen LogP contribution in [0, 0.1) is 0 Å². The Labute approximate surface area is 145 Å². The summed E-state index contributed by atoms with van der Waals surface area (Å²) in [6.45, 7) is -0.290. The van der Waals surface area contributed by atoms with Crippen molar-refractivity contribution in [3.05, 3.63) is 27.7 Å². The second-order valence-electron chi connectivity index (χ2n) is 4.79. The van der Waals surface area contributed by atoms with Crippen LogP contribution in [0.1, 0.15) is 12.0 Å². The molecular weight excluding hydrogens is 421 g/mol. The zero-order valence-corrected chi connectivity index (χ0v) is 15.0. The molecule has 10 heteroatoms. The quantitative estimate of drug-likeness (QED) is 0.710. The maximum Gasteiger partial charge on any atom is 0.322 e. The Hall–Kier alpha value is -0.380. The van der Waals surface area contributed by atoms with Gasteiger partial charge in [-0.05, 0) is 12.1 Å². The summed E-state index contributed by atoms with van der Waals surface area (Å²) in [7, 11) is -4.16. The Balaban J connectivity index is 2.54. The monoisotopic (exact) mass is 431 g/mol. The predicted octanol–water partition coefficient (Wildman–Crippen LogP) is 2.10. The van der Waals surface area contributed by atoms with E-state index >= 15 is 0 Å². The van der Waals surface area contributed by atoms with Gasteiger partial charge >= 0.3 is 5.97 Å². The number of carboxylic acid groups (broad SMARTS) is 1. The molecule has 1 heterocycles. The molecule has 122 valence electrons. The Morgan fingerprint density at radius 2 is 2.05 bits per heavy atom. The van der Waals surface area contributed by atoms with Gasteiger partial charge in [-0.15, -0.1) is 0 Å². The van der Waals surface area contributed by atoms with Crippen molar-refractivity contribution in [2.45, 2.75) is 28.8 Å². The molecule has 1 unspecified atom stereocenters. The van der Waals surface area contributed by atoms with Crippen LogP contribution in [-0.4, -0.2) is 47.6 Å². The van der Waals surface area contributed by atoms with Gasteiger partial charge in [0.1, 0.15) is 10.9 Å². The number of aliphatic hydroxyl groups excluding tert-OH is 1. The summed E-state index contributed by atoms with van der Waals surface area (Å²) in [6, 6.07) is 1.30. The number of halogens is 3. The second kappa shape index (κ2) is 6.62. The summed E-state index contributed by atoms with van der Waals surface area (Å²) in [5, 5.41) is 19.3. The lowest BCUT2D eigenvalue weighted by Crippen LogP contribution is -2.40. The fraction of sp³-hybridized carbons (Fsp3) is 0.417. The molecule has 6 nitrogen and oxygen atoms in total. The van der Waals surface area contributed by atoms with Crippen LogP contribution in [0.25, 0.3) is 0 Å². The van der Waals surface area contributed by atoms with Crippen LogP contribution in [-0.2, 0) is 20.1 Å². The van der Waals surface area contributed by atoms with E-state index in [2.05, 4.69) is 15.9 Å². The van der Waals surface area contributed by atoms with E-state index in [4.69, 9.17) is 28.3 Å². The number of aliphatic hydroxyl groups is 1. The molecule has 1 aliphatic heterocycles. The number of nitrogens with zero attached hydrogens (tertiary/aromatic N) is 1. The zero-order chi connectivity index (χ0) is 16.7. The zero-order valence-electron chi connectivity index (χ0n) is 11.0. The molecule has 2 N–H and O–H groups in total. The van der Waals surface area contributed by atoms with Gasteiger partial charge in [0.2, 0.25) is 10.0 Å². The van der Waals surface area contributed by atoms with Gasteiger partial charge in [0, 0.05) is 28.9 Å². The van der Waals surface area contributed by atoms with Gasteiger partial charge in [-0.2, -0.15) is 4.31 Å². The van der Waals surface area contributed by atoms with Crippen molar-refractivity contribution in [1.29, 1.82) is 0 Å². The summed E-state index contributed by atoms with van der Waals surface area (Å²) >= 11 is 15.2. The van der Waals surface area contributed by atoms with Crippen LogP contribution in [0.3, 0.4) is 0 Å². The lowest BCUT2D eigenvalue weighted by Gasteiger charge is -2.22. The van der Waals surface area contributed by atoms with Crippen molar-refractivity contribution >= 4 is 55.1 Å². The standard InChI is InChI=1S/C12H12BrCl2NO5S/c13-4-7-8(14)1-2-10(11(7)15)22(20,21)16-5-6(17)3-9(16)12(18)19/h1-2,6,9,17H,3-5H2,(H,18,19)/t6-,9?/m1/s1. The molecule has 0 amide bonds. The average molecular weight is 433 g/mol. The molecule has 1 saturated heterocycles. The van der Waals surface area contributed by atoms with Gasteiger partial charge < -0.3 is 10.2 Å². The number of β-amino-alcohol motifs (C(OH)–C–C–N with tert-alkyl or cyclic N) is 1. The molecule has 1 fully saturated rings. The molecule has 0 saturated carbocycles. The highest BCUT2D eigenvalue weighted by Gasteiger charge is 2.44. The van der Waals surface area contributed by atoms with Crippen molar-refractivity contribution in [1.82, 2.24) is 4.31 Å². The molecule has 0 bridgehead atoms. The first-order valence-electron chi connectivity index (χ1n) is 6.15. The minimum absolute atomic E-state index is 0.0603. The highest BCUT2D eigenvalue weighted by molar-refractivity contribution is 9.08. The third-order valence-electron chi connectivity index (χ3n) is 3.39. The number of rotatable bonds is 4. The van der Waals surface area contributed by atoms with Crippen molar-refractivity contribution in [2.24, 2.45) is 0 Å². The SMILES string of the molecule is O=C(O)C1C[C@@H](O)CN1S(=O)(=O)c1ccc(Cl)c(CBr)c1Cl. The molecule has 1 aliphatic rings. The minimum atomic E-state index is -4.16. The van der Waals surface area contributed by atoms with E-state index in [9.17, 15) is 18.3 Å². The maximum absolute atomic E-state index is 12.7. The summed E-state index contributed by atoms with van der Waals surface area (Å²) in [5.74, 6) is -1.31. The third kappa shape index (κ3) is 3.13. The molecule has 1 aromatic rings.